The van der Waals surface area contributed by atoms with Crippen molar-refractivity contribution in [2.24, 2.45) is 0 Å². The minimum atomic E-state index is -0.988. The lowest BCUT2D eigenvalue weighted by Gasteiger charge is -2.09. The van der Waals surface area contributed by atoms with Crippen LogP contribution < -0.4 is 9.47 Å². The van der Waals surface area contributed by atoms with E-state index in [9.17, 15) is 9.59 Å². The van der Waals surface area contributed by atoms with Crippen molar-refractivity contribution in [2.75, 3.05) is 5.34 Å². The summed E-state index contributed by atoms with van der Waals surface area (Å²) in [4.78, 5) is 23.4. The molecule has 0 saturated heterocycles. The Morgan fingerprint density at radius 3 is 2.18 bits per heavy atom. The van der Waals surface area contributed by atoms with Gasteiger partial charge in [-0.2, -0.15) is 0 Å². The summed E-state index contributed by atoms with van der Waals surface area (Å²) < 4.78 is 11.1. The average molecular weight is 592 g/mol. The number of ketones is 1. The zero-order valence-electron chi connectivity index (χ0n) is 19.9. The number of halogens is 4. The van der Waals surface area contributed by atoms with E-state index in [1.807, 2.05) is 42.5 Å². The van der Waals surface area contributed by atoms with E-state index in [1.165, 1.54) is 6.07 Å². The van der Waals surface area contributed by atoms with Gasteiger partial charge in [-0.3, -0.25) is 4.79 Å². The molecular weight excluding hydrogens is 570 g/mol. The number of carboxylic acid groups (broad SMARTS) is 1. The molecule has 0 unspecified atom stereocenters. The fraction of sp³-hybridized carbons (Fsp3) is 0.103. The first-order valence-electron chi connectivity index (χ1n) is 11.2. The Kier molecular flexibility index (Phi) is 11.3. The van der Waals surface area contributed by atoms with Crippen LogP contribution in [0.3, 0.4) is 0 Å². The lowest BCUT2D eigenvalue weighted by Crippen LogP contribution is -2.05. The Morgan fingerprint density at radius 2 is 1.47 bits per heavy atom. The van der Waals surface area contributed by atoms with Crippen LogP contribution in [0.2, 0.25) is 10.0 Å². The molecule has 5 rings (SSSR count). The van der Waals surface area contributed by atoms with Crippen molar-refractivity contribution in [3.05, 3.63) is 129 Å². The van der Waals surface area contributed by atoms with Gasteiger partial charge in [-0.15, -0.1) is 23.2 Å². The number of carbonyl (C=O) groups is 2. The molecule has 196 valence electrons. The zero-order chi connectivity index (χ0) is 27.5. The lowest BCUT2D eigenvalue weighted by molar-refractivity contribution is 0.0693. The molecule has 0 aromatic heterocycles. The van der Waals surface area contributed by atoms with E-state index < -0.39 is 5.97 Å². The molecule has 5 nitrogen and oxygen atoms in total. The van der Waals surface area contributed by atoms with Crippen LogP contribution in [0.15, 0.2) is 91.0 Å². The van der Waals surface area contributed by atoms with Gasteiger partial charge >= 0.3 is 5.97 Å². The Balaban J connectivity index is 0.000000191. The highest BCUT2D eigenvalue weighted by molar-refractivity contribution is 6.40. The summed E-state index contributed by atoms with van der Waals surface area (Å²) in [5.74, 6) is 0.321. The minimum absolute atomic E-state index is 0.00948. The SMILES string of the molecule is ClCCl.O=C(O)c1ccc(Cl)cc1COc1ccccc1.O=C1c2ccc(Cl)cc2COc2ccccc21. The Bertz CT molecular complexity index is 1390. The maximum absolute atomic E-state index is 12.3. The highest BCUT2D eigenvalue weighted by atomic mass is 35.5. The van der Waals surface area contributed by atoms with E-state index in [1.54, 1.807) is 42.5 Å². The average Bonchev–Trinajstić information content (AvgIpc) is 3.05. The molecule has 0 saturated carbocycles. The fourth-order valence-corrected chi connectivity index (χ4v) is 3.94. The van der Waals surface area contributed by atoms with Crippen LogP contribution in [0.4, 0.5) is 0 Å². The van der Waals surface area contributed by atoms with Gasteiger partial charge < -0.3 is 14.6 Å². The first-order chi connectivity index (χ1) is 18.3. The van der Waals surface area contributed by atoms with Gasteiger partial charge in [0.15, 0.2) is 5.78 Å². The summed E-state index contributed by atoms with van der Waals surface area (Å²) >= 11 is 21.3. The lowest BCUT2D eigenvalue weighted by atomic mass is 9.99. The smallest absolute Gasteiger partial charge is 0.336 e. The Labute approximate surface area is 240 Å². The van der Waals surface area contributed by atoms with Crippen LogP contribution >= 0.6 is 46.4 Å². The molecule has 0 aliphatic carbocycles. The van der Waals surface area contributed by atoms with Crippen LogP contribution in [0.1, 0.15) is 37.4 Å². The summed E-state index contributed by atoms with van der Waals surface area (Å²) in [7, 11) is 0. The number of alkyl halides is 2. The zero-order valence-corrected chi connectivity index (χ0v) is 22.9. The molecule has 0 bridgehead atoms. The number of benzene rings is 4. The van der Waals surface area contributed by atoms with Crippen molar-refractivity contribution in [3.63, 3.8) is 0 Å². The Hall–Kier alpha value is -3.22. The number of para-hydroxylation sites is 2. The molecule has 0 amide bonds. The number of fused-ring (bicyclic) bond motifs is 2. The van der Waals surface area contributed by atoms with E-state index >= 15 is 0 Å². The monoisotopic (exact) mass is 590 g/mol. The van der Waals surface area contributed by atoms with Crippen LogP contribution in [0.25, 0.3) is 0 Å². The predicted molar refractivity (Wildman–Crippen MR) is 151 cm³/mol. The Morgan fingerprint density at radius 1 is 0.842 bits per heavy atom. The number of ether oxygens (including phenoxy) is 2. The summed E-state index contributed by atoms with van der Waals surface area (Å²) in [5.41, 5.74) is 2.86. The van der Waals surface area contributed by atoms with Crippen LogP contribution in [-0.4, -0.2) is 22.2 Å². The normalized spacial score (nSPS) is 11.2. The van der Waals surface area contributed by atoms with Crippen molar-refractivity contribution in [1.82, 2.24) is 0 Å². The second kappa shape index (κ2) is 14.6. The molecule has 9 heteroatoms. The summed E-state index contributed by atoms with van der Waals surface area (Å²) in [6, 6.07) is 26.4. The largest absolute Gasteiger partial charge is 0.489 e. The molecule has 0 fully saturated rings. The number of hydrogen-bond acceptors (Lipinski definition) is 4. The molecule has 1 heterocycles. The van der Waals surface area contributed by atoms with Gasteiger partial charge in [-0.05, 0) is 60.7 Å². The van der Waals surface area contributed by atoms with Gasteiger partial charge in [0.2, 0.25) is 0 Å². The first-order valence-corrected chi connectivity index (χ1v) is 13.0. The van der Waals surface area contributed by atoms with Crippen LogP contribution in [0.5, 0.6) is 11.5 Å². The first kappa shape index (κ1) is 29.3. The van der Waals surface area contributed by atoms with E-state index in [0.717, 1.165) is 5.56 Å². The van der Waals surface area contributed by atoms with Gasteiger partial charge in [0.1, 0.15) is 24.7 Å². The highest BCUT2D eigenvalue weighted by Gasteiger charge is 2.21. The second-order valence-electron chi connectivity index (χ2n) is 7.72. The van der Waals surface area contributed by atoms with E-state index in [2.05, 4.69) is 0 Å². The van der Waals surface area contributed by atoms with E-state index in [-0.39, 0.29) is 23.3 Å². The summed E-state index contributed by atoms with van der Waals surface area (Å²) in [6.07, 6.45) is 0. The second-order valence-corrected chi connectivity index (χ2v) is 9.41. The fourth-order valence-electron chi connectivity index (χ4n) is 3.55. The van der Waals surface area contributed by atoms with Gasteiger partial charge in [0.05, 0.1) is 16.5 Å². The highest BCUT2D eigenvalue weighted by Crippen LogP contribution is 2.29. The van der Waals surface area contributed by atoms with Gasteiger partial charge in [0, 0.05) is 26.7 Å². The van der Waals surface area contributed by atoms with E-state index in [4.69, 9.17) is 61.0 Å². The maximum atomic E-state index is 12.3. The van der Waals surface area contributed by atoms with E-state index in [0.29, 0.717) is 44.8 Å². The molecule has 1 aliphatic heterocycles. The van der Waals surface area contributed by atoms with Gasteiger partial charge in [0.25, 0.3) is 0 Å². The summed E-state index contributed by atoms with van der Waals surface area (Å²) in [5, 5.41) is 10.4. The quantitative estimate of drug-likeness (QED) is 0.241. The van der Waals surface area contributed by atoms with Crippen LogP contribution in [-0.2, 0) is 13.2 Å². The molecule has 4 aromatic carbocycles. The van der Waals surface area contributed by atoms with Crippen molar-refractivity contribution in [2.45, 2.75) is 13.2 Å². The number of hydrogen-bond donors (Lipinski definition) is 1. The minimum Gasteiger partial charge on any atom is -0.489 e. The third-order valence-corrected chi connectivity index (χ3v) is 5.73. The third-order valence-electron chi connectivity index (χ3n) is 5.26. The topological polar surface area (TPSA) is 72.8 Å². The molecule has 1 aliphatic rings. The van der Waals surface area contributed by atoms with Crippen molar-refractivity contribution >= 4 is 58.2 Å². The molecule has 0 radical (unpaired) electrons. The molecule has 38 heavy (non-hydrogen) atoms. The standard InChI is InChI=1S/C14H11ClO3.C14H9ClO2.CH2Cl2/c15-11-6-7-13(14(16)17)10(8-11)9-18-12-4-2-1-3-5-12;15-10-5-6-11-9(7-10)8-17-13-4-2-1-3-12(13)14(11)16;2-1-3/h1-8H,9H2,(H,16,17);1-7H,8H2;1H2. The number of carbonyl (C=O) groups excluding carboxylic acids is 1. The van der Waals surface area contributed by atoms with Crippen molar-refractivity contribution in [1.29, 1.82) is 0 Å². The number of rotatable bonds is 4. The third kappa shape index (κ3) is 8.14. The maximum Gasteiger partial charge on any atom is 0.336 e. The molecule has 4 aromatic rings. The number of aromatic carboxylic acids is 1. The molecule has 1 N–H and O–H groups in total. The molecule has 0 spiro atoms. The molecule has 0 atom stereocenters. The van der Waals surface area contributed by atoms with Gasteiger partial charge in [-0.25, -0.2) is 4.79 Å². The van der Waals surface area contributed by atoms with Crippen LogP contribution in [0, 0.1) is 0 Å². The van der Waals surface area contributed by atoms with Gasteiger partial charge in [-0.1, -0.05) is 53.5 Å². The molecular formula is C29H22Cl4O5. The predicted octanol–water partition coefficient (Wildman–Crippen LogP) is 8.50. The van der Waals surface area contributed by atoms with Crippen molar-refractivity contribution < 1.29 is 24.2 Å². The summed E-state index contributed by atoms with van der Waals surface area (Å²) in [6.45, 7) is 0.546. The van der Waals surface area contributed by atoms with Crippen molar-refractivity contribution in [3.8, 4) is 11.5 Å². The number of carboxylic acids is 1.